The van der Waals surface area contributed by atoms with E-state index in [-0.39, 0.29) is 0 Å². The number of aromatic nitrogens is 2. The Morgan fingerprint density at radius 1 is 1.47 bits per heavy atom. The smallest absolute Gasteiger partial charge is 0.0950 e. The van der Waals surface area contributed by atoms with Crippen LogP contribution in [-0.4, -0.2) is 36.4 Å². The molecule has 1 N–H and O–H groups in total. The van der Waals surface area contributed by atoms with Gasteiger partial charge in [0.1, 0.15) is 0 Å². The molecule has 4 nitrogen and oxygen atoms in total. The van der Waals surface area contributed by atoms with Crippen LogP contribution in [0.15, 0.2) is 12.5 Å². The number of nitrogens with one attached hydrogen (secondary N) is 1. The van der Waals surface area contributed by atoms with Gasteiger partial charge in [0.25, 0.3) is 0 Å². The number of hydrogen-bond donors (Lipinski definition) is 1. The van der Waals surface area contributed by atoms with Gasteiger partial charge in [0.05, 0.1) is 18.6 Å². The third kappa shape index (κ3) is 4.95. The van der Waals surface area contributed by atoms with E-state index in [0.717, 1.165) is 38.4 Å². The second-order valence-corrected chi connectivity index (χ2v) is 3.60. The average Bonchev–Trinajstić information content (AvgIpc) is 2.69. The van der Waals surface area contributed by atoms with Gasteiger partial charge in [0.15, 0.2) is 0 Å². The lowest BCUT2D eigenvalue weighted by Crippen LogP contribution is -2.17. The van der Waals surface area contributed by atoms with E-state index in [0.29, 0.717) is 0 Å². The Bertz CT molecular complexity index is 260. The van der Waals surface area contributed by atoms with Crippen LogP contribution in [0.1, 0.15) is 19.0 Å². The summed E-state index contributed by atoms with van der Waals surface area (Å²) < 4.78 is 7.08. The van der Waals surface area contributed by atoms with Gasteiger partial charge in [-0.05, 0) is 13.0 Å². The fourth-order valence-electron chi connectivity index (χ4n) is 1.37. The van der Waals surface area contributed by atoms with Gasteiger partial charge in [-0.2, -0.15) is 0 Å². The highest BCUT2D eigenvalue weighted by Gasteiger charge is 1.97. The lowest BCUT2D eigenvalue weighted by Gasteiger charge is -2.00. The Morgan fingerprint density at radius 3 is 3.07 bits per heavy atom. The maximum Gasteiger partial charge on any atom is 0.0950 e. The van der Waals surface area contributed by atoms with Crippen LogP contribution in [0.5, 0.6) is 0 Å². The summed E-state index contributed by atoms with van der Waals surface area (Å²) in [7, 11) is 1.71. The van der Waals surface area contributed by atoms with Crippen LogP contribution >= 0.6 is 0 Å². The number of ether oxygens (including phenoxy) is 1. The Labute approximate surface area is 91.7 Å². The molecule has 0 aliphatic heterocycles. The second-order valence-electron chi connectivity index (χ2n) is 3.60. The Balaban J connectivity index is 2.20. The molecule has 0 fully saturated rings. The van der Waals surface area contributed by atoms with Gasteiger partial charge < -0.3 is 14.6 Å². The molecule has 1 rings (SSSR count). The van der Waals surface area contributed by atoms with Crippen LogP contribution in [-0.2, 0) is 17.7 Å². The molecule has 0 radical (unpaired) electrons. The van der Waals surface area contributed by atoms with Crippen LogP contribution < -0.4 is 5.32 Å². The molecule has 0 aliphatic carbocycles. The summed E-state index contributed by atoms with van der Waals surface area (Å²) in [6.45, 7) is 5.89. The molecule has 0 spiro atoms. The normalized spacial score (nSPS) is 10.8. The summed E-state index contributed by atoms with van der Waals surface area (Å²) in [4.78, 5) is 4.33. The van der Waals surface area contributed by atoms with Gasteiger partial charge in [-0.1, -0.05) is 6.92 Å². The molecule has 0 atom stereocenters. The number of rotatable bonds is 8. The monoisotopic (exact) mass is 211 g/mol. The summed E-state index contributed by atoms with van der Waals surface area (Å²) in [6.07, 6.45) is 6.14. The minimum atomic E-state index is 0.740. The first-order valence-electron chi connectivity index (χ1n) is 5.57. The average molecular weight is 211 g/mol. The Morgan fingerprint density at radius 2 is 2.33 bits per heavy atom. The van der Waals surface area contributed by atoms with Gasteiger partial charge in [-0.25, -0.2) is 4.98 Å². The molecular weight excluding hydrogens is 190 g/mol. The van der Waals surface area contributed by atoms with Crippen LogP contribution in [0, 0.1) is 0 Å². The molecule has 1 aromatic rings. The van der Waals surface area contributed by atoms with Crippen molar-refractivity contribution in [3.05, 3.63) is 18.2 Å². The van der Waals surface area contributed by atoms with E-state index in [2.05, 4.69) is 28.0 Å². The highest BCUT2D eigenvalue weighted by Crippen LogP contribution is 1.96. The molecule has 0 saturated heterocycles. The first kappa shape index (κ1) is 12.2. The topological polar surface area (TPSA) is 39.1 Å². The fourth-order valence-corrected chi connectivity index (χ4v) is 1.37. The molecule has 1 heterocycles. The Hall–Kier alpha value is -0.870. The van der Waals surface area contributed by atoms with Crippen molar-refractivity contribution < 1.29 is 4.74 Å². The number of nitrogens with zero attached hydrogens (tertiary/aromatic N) is 2. The van der Waals surface area contributed by atoms with Gasteiger partial charge in [0.2, 0.25) is 0 Å². The molecule has 0 bridgehead atoms. The van der Waals surface area contributed by atoms with Crippen molar-refractivity contribution in [1.29, 1.82) is 0 Å². The predicted molar refractivity (Wildman–Crippen MR) is 61.0 cm³/mol. The highest BCUT2D eigenvalue weighted by molar-refractivity contribution is 4.97. The zero-order valence-corrected chi connectivity index (χ0v) is 9.70. The van der Waals surface area contributed by atoms with E-state index < -0.39 is 0 Å². The van der Waals surface area contributed by atoms with Crippen molar-refractivity contribution in [2.75, 3.05) is 26.8 Å². The fraction of sp³-hybridized carbons (Fsp3) is 0.727. The minimum Gasteiger partial charge on any atom is -0.383 e. The molecule has 0 unspecified atom stereocenters. The largest absolute Gasteiger partial charge is 0.383 e. The maximum atomic E-state index is 5.01. The molecule has 1 aromatic heterocycles. The molecule has 0 aromatic carbocycles. The molecule has 4 heteroatoms. The van der Waals surface area contributed by atoms with Crippen molar-refractivity contribution in [3.63, 3.8) is 0 Å². The van der Waals surface area contributed by atoms with Crippen LogP contribution in [0.25, 0.3) is 0 Å². The van der Waals surface area contributed by atoms with Crippen LogP contribution in [0.3, 0.4) is 0 Å². The van der Waals surface area contributed by atoms with E-state index in [1.54, 1.807) is 7.11 Å². The van der Waals surface area contributed by atoms with E-state index in [4.69, 9.17) is 4.74 Å². The van der Waals surface area contributed by atoms with E-state index >= 15 is 0 Å². The predicted octanol–water partition coefficient (Wildman–Crippen LogP) is 1.07. The first-order valence-corrected chi connectivity index (χ1v) is 5.57. The van der Waals surface area contributed by atoms with Gasteiger partial charge in [0, 0.05) is 32.8 Å². The molecule has 86 valence electrons. The zero-order valence-electron chi connectivity index (χ0n) is 9.70. The van der Waals surface area contributed by atoms with Crippen molar-refractivity contribution >= 4 is 0 Å². The zero-order chi connectivity index (χ0) is 10.9. The number of hydrogen-bond acceptors (Lipinski definition) is 3. The third-order valence-corrected chi connectivity index (χ3v) is 2.23. The van der Waals surface area contributed by atoms with Crippen molar-refractivity contribution in [2.24, 2.45) is 0 Å². The number of methoxy groups -OCH3 is 1. The van der Waals surface area contributed by atoms with E-state index in [1.807, 2.05) is 6.33 Å². The molecule has 0 saturated carbocycles. The summed E-state index contributed by atoms with van der Waals surface area (Å²) in [6, 6.07) is 0. The summed E-state index contributed by atoms with van der Waals surface area (Å²) in [5.41, 5.74) is 1.15. The minimum absolute atomic E-state index is 0.740. The summed E-state index contributed by atoms with van der Waals surface area (Å²) in [5, 5.41) is 3.36. The SMILES string of the molecule is CCCNCCc1cn(CCOC)cn1. The summed E-state index contributed by atoms with van der Waals surface area (Å²) in [5.74, 6) is 0. The van der Waals surface area contributed by atoms with Gasteiger partial charge in [-0.3, -0.25) is 0 Å². The highest BCUT2D eigenvalue weighted by atomic mass is 16.5. The quantitative estimate of drug-likeness (QED) is 0.654. The first-order chi connectivity index (χ1) is 7.36. The van der Waals surface area contributed by atoms with Crippen LogP contribution in [0.4, 0.5) is 0 Å². The summed E-state index contributed by atoms with van der Waals surface area (Å²) >= 11 is 0. The van der Waals surface area contributed by atoms with Gasteiger partial charge in [-0.15, -0.1) is 0 Å². The van der Waals surface area contributed by atoms with E-state index in [1.165, 1.54) is 6.42 Å². The Kier molecular flexibility index (Phi) is 6.04. The molecule has 15 heavy (non-hydrogen) atoms. The van der Waals surface area contributed by atoms with Crippen molar-refractivity contribution in [1.82, 2.24) is 14.9 Å². The maximum absolute atomic E-state index is 5.01. The van der Waals surface area contributed by atoms with Gasteiger partial charge >= 0.3 is 0 Å². The molecule has 0 amide bonds. The lowest BCUT2D eigenvalue weighted by molar-refractivity contribution is 0.187. The molecule has 0 aliphatic rings. The standard InChI is InChI=1S/C11H21N3O/c1-3-5-12-6-4-11-9-14(10-13-11)7-8-15-2/h9-10,12H,3-8H2,1-2H3. The number of imidazole rings is 1. The van der Waals surface area contributed by atoms with Crippen molar-refractivity contribution in [2.45, 2.75) is 26.3 Å². The second kappa shape index (κ2) is 7.43. The van der Waals surface area contributed by atoms with Crippen LogP contribution in [0.2, 0.25) is 0 Å². The molecular formula is C11H21N3O. The van der Waals surface area contributed by atoms with E-state index in [9.17, 15) is 0 Å². The van der Waals surface area contributed by atoms with Crippen molar-refractivity contribution in [3.8, 4) is 0 Å². The third-order valence-electron chi connectivity index (χ3n) is 2.23. The lowest BCUT2D eigenvalue weighted by atomic mass is 10.3.